The van der Waals surface area contributed by atoms with E-state index >= 15 is 0 Å². The van der Waals surface area contributed by atoms with Crippen LogP contribution in [0.1, 0.15) is 25.1 Å². The molecular formula is C24H21ClF4N2O6. The molecule has 3 rings (SSSR count). The summed E-state index contributed by atoms with van der Waals surface area (Å²) in [6, 6.07) is 8.39. The zero-order chi connectivity index (χ0) is 27.5. The zero-order valence-corrected chi connectivity index (χ0v) is 20.5. The average molecular weight is 545 g/mol. The van der Waals surface area contributed by atoms with Crippen molar-refractivity contribution >= 4 is 17.6 Å². The molecule has 0 radical (unpaired) electrons. The van der Waals surface area contributed by atoms with Crippen molar-refractivity contribution in [2.75, 3.05) is 6.61 Å². The number of halogens is 5. The van der Waals surface area contributed by atoms with E-state index in [-0.39, 0.29) is 39.2 Å². The monoisotopic (exact) mass is 544 g/mol. The molecule has 0 saturated heterocycles. The first-order chi connectivity index (χ1) is 17.3. The molecule has 8 nitrogen and oxygen atoms in total. The summed E-state index contributed by atoms with van der Waals surface area (Å²) in [5.74, 6) is -1.47. The highest BCUT2D eigenvalue weighted by Crippen LogP contribution is 2.31. The normalized spacial score (nSPS) is 12.2. The molecule has 0 saturated carbocycles. The predicted octanol–water partition coefficient (Wildman–Crippen LogP) is 4.26. The molecule has 2 aromatic carbocycles. The summed E-state index contributed by atoms with van der Waals surface area (Å²) in [6.45, 7) is 3.26. The fraction of sp³-hybridized carbons (Fsp3) is 0.292. The van der Waals surface area contributed by atoms with Gasteiger partial charge in [-0.05, 0) is 37.6 Å². The number of hydrogen-bond acceptors (Lipinski definition) is 6. The number of aromatic nitrogens is 2. The summed E-state index contributed by atoms with van der Waals surface area (Å²) >= 11 is 6.06. The van der Waals surface area contributed by atoms with E-state index in [9.17, 15) is 31.9 Å². The second kappa shape index (κ2) is 11.1. The Hall–Kier alpha value is -3.80. The van der Waals surface area contributed by atoms with Crippen LogP contribution in [0.4, 0.5) is 17.6 Å². The Balaban J connectivity index is 1.89. The zero-order valence-electron chi connectivity index (χ0n) is 19.8. The summed E-state index contributed by atoms with van der Waals surface area (Å²) < 4.78 is 70.5. The topological polar surface area (TPSA) is 88.8 Å². The maximum Gasteiger partial charge on any atom is 0.431 e. The lowest BCUT2D eigenvalue weighted by Crippen LogP contribution is -2.41. The van der Waals surface area contributed by atoms with Crippen molar-refractivity contribution in [1.29, 1.82) is 0 Å². The van der Waals surface area contributed by atoms with E-state index in [2.05, 4.69) is 0 Å². The molecule has 0 aliphatic heterocycles. The second-order valence-electron chi connectivity index (χ2n) is 7.72. The van der Waals surface area contributed by atoms with Crippen LogP contribution in [0.5, 0.6) is 11.5 Å². The summed E-state index contributed by atoms with van der Waals surface area (Å²) in [5, 5.41) is -0.207. The summed E-state index contributed by atoms with van der Waals surface area (Å²) in [5.41, 5.74) is -4.36. The lowest BCUT2D eigenvalue weighted by molar-refractivity contribution is -0.150. The first kappa shape index (κ1) is 27.8. The third-order valence-corrected chi connectivity index (χ3v) is 5.37. The summed E-state index contributed by atoms with van der Waals surface area (Å²) in [4.78, 5) is 36.7. The number of carbonyl (C=O) groups is 1. The van der Waals surface area contributed by atoms with E-state index in [1.165, 1.54) is 6.92 Å². The van der Waals surface area contributed by atoms with E-state index in [1.54, 1.807) is 31.2 Å². The summed E-state index contributed by atoms with van der Waals surface area (Å²) in [6.07, 6.45) is -5.83. The van der Waals surface area contributed by atoms with Crippen molar-refractivity contribution < 1.29 is 36.6 Å². The van der Waals surface area contributed by atoms with Gasteiger partial charge in [-0.2, -0.15) is 13.2 Å². The van der Waals surface area contributed by atoms with Crippen LogP contribution in [0, 0.1) is 5.82 Å². The average Bonchev–Trinajstić information content (AvgIpc) is 2.81. The van der Waals surface area contributed by atoms with Gasteiger partial charge < -0.3 is 14.2 Å². The number of esters is 1. The molecule has 1 unspecified atom stereocenters. The van der Waals surface area contributed by atoms with Crippen LogP contribution < -0.4 is 20.7 Å². The van der Waals surface area contributed by atoms with Gasteiger partial charge in [0, 0.05) is 19.2 Å². The largest absolute Gasteiger partial charge is 0.487 e. The maximum atomic E-state index is 14.7. The number of rotatable bonds is 8. The molecule has 1 aromatic heterocycles. The van der Waals surface area contributed by atoms with Gasteiger partial charge in [-0.3, -0.25) is 9.36 Å². The van der Waals surface area contributed by atoms with Gasteiger partial charge in [0.1, 0.15) is 29.6 Å². The van der Waals surface area contributed by atoms with E-state index in [0.29, 0.717) is 11.3 Å². The Bertz CT molecular complexity index is 1430. The molecule has 0 spiro atoms. The number of ether oxygens (including phenoxy) is 3. The number of carbonyl (C=O) groups excluding carboxylic acids is 1. The molecule has 0 aliphatic carbocycles. The smallest absolute Gasteiger partial charge is 0.431 e. The Labute approximate surface area is 212 Å². The van der Waals surface area contributed by atoms with Crippen molar-refractivity contribution in [3.63, 3.8) is 0 Å². The SMILES string of the molecule is CCOC(=O)C(C)Oc1cccc(COc2cc(-n3c(=O)cc(C(F)(F)F)n(C)c3=O)c(F)cc2Cl)c1. The van der Waals surface area contributed by atoms with Crippen molar-refractivity contribution in [2.45, 2.75) is 32.7 Å². The number of benzene rings is 2. The highest BCUT2D eigenvalue weighted by Gasteiger charge is 2.35. The Kier molecular flexibility index (Phi) is 8.32. The number of alkyl halides is 3. The lowest BCUT2D eigenvalue weighted by atomic mass is 10.2. The van der Waals surface area contributed by atoms with Crippen LogP contribution in [0.3, 0.4) is 0 Å². The fourth-order valence-corrected chi connectivity index (χ4v) is 3.51. The predicted molar refractivity (Wildman–Crippen MR) is 125 cm³/mol. The highest BCUT2D eigenvalue weighted by atomic mass is 35.5. The van der Waals surface area contributed by atoms with Gasteiger partial charge in [0.25, 0.3) is 5.56 Å². The Morgan fingerprint density at radius 2 is 1.84 bits per heavy atom. The number of hydrogen-bond donors (Lipinski definition) is 0. The molecule has 1 atom stereocenters. The van der Waals surface area contributed by atoms with Crippen molar-refractivity contribution in [3.05, 3.63) is 85.4 Å². The highest BCUT2D eigenvalue weighted by molar-refractivity contribution is 6.32. The van der Waals surface area contributed by atoms with E-state index in [1.807, 2.05) is 0 Å². The minimum atomic E-state index is -4.97. The quantitative estimate of drug-likeness (QED) is 0.311. The Morgan fingerprint density at radius 3 is 2.49 bits per heavy atom. The van der Waals surface area contributed by atoms with Crippen molar-refractivity contribution in [2.24, 2.45) is 7.05 Å². The molecule has 0 aliphatic rings. The maximum absolute atomic E-state index is 14.7. The van der Waals surface area contributed by atoms with Crippen LogP contribution in [-0.2, 0) is 29.4 Å². The van der Waals surface area contributed by atoms with Gasteiger partial charge in [-0.15, -0.1) is 0 Å². The molecule has 0 fully saturated rings. The summed E-state index contributed by atoms with van der Waals surface area (Å²) in [7, 11) is 0.810. The van der Waals surface area contributed by atoms with E-state index in [0.717, 1.165) is 19.2 Å². The first-order valence-corrected chi connectivity index (χ1v) is 11.2. The second-order valence-corrected chi connectivity index (χ2v) is 8.13. The molecular weight excluding hydrogens is 524 g/mol. The van der Waals surface area contributed by atoms with Crippen molar-refractivity contribution in [1.82, 2.24) is 9.13 Å². The van der Waals surface area contributed by atoms with Crippen LogP contribution in [0.15, 0.2) is 52.1 Å². The minimum absolute atomic E-state index is 0.129. The van der Waals surface area contributed by atoms with Gasteiger partial charge >= 0.3 is 17.8 Å². The van der Waals surface area contributed by atoms with Gasteiger partial charge in [0.05, 0.1) is 17.3 Å². The Morgan fingerprint density at radius 1 is 1.14 bits per heavy atom. The van der Waals surface area contributed by atoms with E-state index < -0.39 is 46.7 Å². The molecule has 37 heavy (non-hydrogen) atoms. The van der Waals surface area contributed by atoms with Gasteiger partial charge in [-0.1, -0.05) is 23.7 Å². The molecule has 0 bridgehead atoms. The van der Waals surface area contributed by atoms with Gasteiger partial charge in [0.15, 0.2) is 6.10 Å². The van der Waals surface area contributed by atoms with Crippen LogP contribution in [0.2, 0.25) is 5.02 Å². The number of nitrogens with zero attached hydrogens (tertiary/aromatic N) is 2. The third kappa shape index (κ3) is 6.31. The minimum Gasteiger partial charge on any atom is -0.487 e. The van der Waals surface area contributed by atoms with Crippen LogP contribution in [0.25, 0.3) is 5.69 Å². The van der Waals surface area contributed by atoms with Crippen molar-refractivity contribution in [3.8, 4) is 17.2 Å². The third-order valence-electron chi connectivity index (χ3n) is 5.08. The molecule has 13 heteroatoms. The molecule has 0 N–H and O–H groups in total. The standard InChI is InChI=1S/C24H21ClF4N2O6/c1-4-35-22(33)13(2)37-15-7-5-6-14(8-15)12-36-19-10-18(17(26)9-16(19)25)31-21(32)11-20(24(27,28)29)30(3)23(31)34/h5-11,13H,4,12H2,1-3H3. The van der Waals surface area contributed by atoms with Gasteiger partial charge in [0.2, 0.25) is 0 Å². The fourth-order valence-electron chi connectivity index (χ4n) is 3.30. The van der Waals surface area contributed by atoms with Gasteiger partial charge in [-0.25, -0.2) is 18.5 Å². The lowest BCUT2D eigenvalue weighted by Gasteiger charge is -2.16. The molecule has 198 valence electrons. The molecule has 1 heterocycles. The molecule has 0 amide bonds. The first-order valence-electron chi connectivity index (χ1n) is 10.8. The van der Waals surface area contributed by atoms with Crippen LogP contribution in [-0.4, -0.2) is 27.8 Å². The molecule has 3 aromatic rings. The van der Waals surface area contributed by atoms with Crippen LogP contribution >= 0.6 is 11.6 Å². The van der Waals surface area contributed by atoms with E-state index in [4.69, 9.17) is 25.8 Å².